The van der Waals surface area contributed by atoms with E-state index < -0.39 is 44.2 Å². The Morgan fingerprint density at radius 1 is 0.762 bits per heavy atom. The molecular weight excluding hydrogens is 591 g/mol. The zero-order valence-electron chi connectivity index (χ0n) is 22.4. The van der Waals surface area contributed by atoms with Crippen molar-refractivity contribution in [1.82, 2.24) is 0 Å². The lowest BCUT2D eigenvalue weighted by Gasteiger charge is -2.26. The lowest BCUT2D eigenvalue weighted by Crippen LogP contribution is -2.38. The number of nitrogens with one attached hydrogen (secondary N) is 2. The SMILES string of the molecule is Cc1ccc(N(CC(=O)Nc2ccc(S(=O)(=O)Nc3cccc(C(F)(F)F)c3)cc2)S(=O)(=O)c2ccccc2)c(C)c1. The number of nitrogens with zero attached hydrogens (tertiary/aromatic N) is 1. The number of alkyl halides is 3. The fraction of sp³-hybridized carbons (Fsp3) is 0.138. The predicted octanol–water partition coefficient (Wildman–Crippen LogP) is 5.96. The molecule has 13 heteroatoms. The minimum absolute atomic E-state index is 0.000560. The minimum Gasteiger partial charge on any atom is -0.325 e. The number of aryl methyl sites for hydroxylation is 2. The van der Waals surface area contributed by atoms with Gasteiger partial charge in [-0.05, 0) is 80.1 Å². The van der Waals surface area contributed by atoms with Crippen LogP contribution in [0, 0.1) is 13.8 Å². The Balaban J connectivity index is 1.53. The highest BCUT2D eigenvalue weighted by Gasteiger charge is 2.31. The normalized spacial score (nSPS) is 12.0. The van der Waals surface area contributed by atoms with Gasteiger partial charge in [-0.3, -0.25) is 13.8 Å². The molecule has 0 bridgehead atoms. The van der Waals surface area contributed by atoms with E-state index in [1.807, 2.05) is 6.92 Å². The van der Waals surface area contributed by atoms with E-state index in [0.717, 1.165) is 34.1 Å². The van der Waals surface area contributed by atoms with E-state index in [9.17, 15) is 34.8 Å². The Kier molecular flexibility index (Phi) is 8.64. The summed E-state index contributed by atoms with van der Waals surface area (Å²) in [5, 5.41) is 2.56. The molecular formula is C29H26F3N3O5S2. The summed E-state index contributed by atoms with van der Waals surface area (Å²) in [6, 6.07) is 21.5. The average molecular weight is 618 g/mol. The topological polar surface area (TPSA) is 113 Å². The molecule has 0 aliphatic heterocycles. The van der Waals surface area contributed by atoms with E-state index in [-0.39, 0.29) is 21.2 Å². The van der Waals surface area contributed by atoms with Gasteiger partial charge in [0.25, 0.3) is 20.0 Å². The van der Waals surface area contributed by atoms with Crippen molar-refractivity contribution in [3.05, 3.63) is 114 Å². The van der Waals surface area contributed by atoms with Gasteiger partial charge in [-0.1, -0.05) is 42.0 Å². The van der Waals surface area contributed by atoms with Crippen LogP contribution in [0.15, 0.2) is 107 Å². The predicted molar refractivity (Wildman–Crippen MR) is 154 cm³/mol. The second kappa shape index (κ2) is 11.9. The smallest absolute Gasteiger partial charge is 0.325 e. The van der Waals surface area contributed by atoms with Crippen molar-refractivity contribution in [1.29, 1.82) is 0 Å². The average Bonchev–Trinajstić information content (AvgIpc) is 2.92. The molecule has 0 unspecified atom stereocenters. The van der Waals surface area contributed by atoms with Crippen LogP contribution in [0.1, 0.15) is 16.7 Å². The van der Waals surface area contributed by atoms with Crippen LogP contribution in [-0.2, 0) is 31.0 Å². The van der Waals surface area contributed by atoms with E-state index in [1.54, 1.807) is 43.3 Å². The number of anilines is 3. The van der Waals surface area contributed by atoms with E-state index in [0.29, 0.717) is 17.3 Å². The van der Waals surface area contributed by atoms with Crippen LogP contribution < -0.4 is 14.3 Å². The fourth-order valence-corrected chi connectivity index (χ4v) is 6.68. The number of rotatable bonds is 9. The zero-order chi connectivity index (χ0) is 30.7. The van der Waals surface area contributed by atoms with Gasteiger partial charge in [-0.2, -0.15) is 13.2 Å². The molecule has 0 fully saturated rings. The lowest BCUT2D eigenvalue weighted by atomic mass is 10.1. The van der Waals surface area contributed by atoms with Crippen molar-refractivity contribution < 1.29 is 34.8 Å². The number of sulfonamides is 2. The molecule has 220 valence electrons. The Bertz CT molecular complexity index is 1810. The molecule has 0 aliphatic carbocycles. The van der Waals surface area contributed by atoms with Crippen LogP contribution in [0.3, 0.4) is 0 Å². The monoisotopic (exact) mass is 617 g/mol. The fourth-order valence-electron chi connectivity index (χ4n) is 4.13. The molecule has 1 amide bonds. The highest BCUT2D eigenvalue weighted by molar-refractivity contribution is 7.93. The molecule has 0 saturated heterocycles. The number of benzene rings is 4. The van der Waals surface area contributed by atoms with Crippen LogP contribution in [-0.4, -0.2) is 29.3 Å². The van der Waals surface area contributed by atoms with Crippen LogP contribution in [0.5, 0.6) is 0 Å². The van der Waals surface area contributed by atoms with Crippen LogP contribution >= 0.6 is 0 Å². The van der Waals surface area contributed by atoms with Gasteiger partial charge in [0, 0.05) is 11.4 Å². The van der Waals surface area contributed by atoms with Crippen molar-refractivity contribution in [3.63, 3.8) is 0 Å². The number of carbonyl (C=O) groups is 1. The maximum atomic E-state index is 13.5. The summed E-state index contributed by atoms with van der Waals surface area (Å²) in [6.07, 6.45) is -4.64. The number of hydrogen-bond acceptors (Lipinski definition) is 5. The van der Waals surface area contributed by atoms with Crippen molar-refractivity contribution in [2.24, 2.45) is 0 Å². The van der Waals surface area contributed by atoms with Crippen molar-refractivity contribution >= 4 is 43.0 Å². The number of amides is 1. The molecule has 0 saturated carbocycles. The molecule has 0 spiro atoms. The molecule has 0 aliphatic rings. The summed E-state index contributed by atoms with van der Waals surface area (Å²) in [5.74, 6) is -0.688. The minimum atomic E-state index is -4.64. The molecule has 8 nitrogen and oxygen atoms in total. The van der Waals surface area contributed by atoms with Gasteiger partial charge in [-0.25, -0.2) is 16.8 Å². The highest BCUT2D eigenvalue weighted by Crippen LogP contribution is 2.31. The molecule has 0 aromatic heterocycles. The van der Waals surface area contributed by atoms with Gasteiger partial charge < -0.3 is 5.32 Å². The number of halogens is 3. The first kappa shape index (κ1) is 30.6. The maximum Gasteiger partial charge on any atom is 0.416 e. The van der Waals surface area contributed by atoms with Gasteiger partial charge >= 0.3 is 6.18 Å². The van der Waals surface area contributed by atoms with E-state index in [1.165, 1.54) is 30.3 Å². The quantitative estimate of drug-likeness (QED) is 0.241. The summed E-state index contributed by atoms with van der Waals surface area (Å²) in [6.45, 7) is 3.02. The third kappa shape index (κ3) is 7.09. The van der Waals surface area contributed by atoms with E-state index in [4.69, 9.17) is 0 Å². The van der Waals surface area contributed by atoms with Crippen molar-refractivity contribution in [2.45, 2.75) is 29.8 Å². The standard InChI is InChI=1S/C29H26F3N3O5S2/c1-20-11-16-27(21(2)17-20)35(42(39,40)26-9-4-3-5-10-26)19-28(36)33-23-12-14-25(15-13-23)41(37,38)34-24-8-6-7-22(18-24)29(30,31)32/h3-18,34H,19H2,1-2H3,(H,33,36). The lowest BCUT2D eigenvalue weighted by molar-refractivity contribution is -0.137. The van der Waals surface area contributed by atoms with Gasteiger partial charge in [0.15, 0.2) is 0 Å². The Morgan fingerprint density at radius 2 is 1.43 bits per heavy atom. The molecule has 0 radical (unpaired) electrons. The zero-order valence-corrected chi connectivity index (χ0v) is 24.0. The summed E-state index contributed by atoms with van der Waals surface area (Å²) in [7, 11) is -8.38. The van der Waals surface area contributed by atoms with Gasteiger partial charge in [0.05, 0.1) is 21.0 Å². The first-order chi connectivity index (χ1) is 19.7. The van der Waals surface area contributed by atoms with Gasteiger partial charge in [0.2, 0.25) is 5.91 Å². The summed E-state index contributed by atoms with van der Waals surface area (Å²) in [5.41, 5.74) is 0.774. The van der Waals surface area contributed by atoms with Crippen LogP contribution in [0.4, 0.5) is 30.2 Å². The molecule has 4 aromatic rings. The number of hydrogen-bond donors (Lipinski definition) is 2. The summed E-state index contributed by atoms with van der Waals surface area (Å²) in [4.78, 5) is 12.8. The Morgan fingerprint density at radius 3 is 2.05 bits per heavy atom. The molecule has 4 rings (SSSR count). The summed E-state index contributed by atoms with van der Waals surface area (Å²) >= 11 is 0. The largest absolute Gasteiger partial charge is 0.416 e. The maximum absolute atomic E-state index is 13.5. The number of carbonyl (C=O) groups excluding carboxylic acids is 1. The second-order valence-corrected chi connectivity index (χ2v) is 12.9. The van der Waals surface area contributed by atoms with Crippen LogP contribution in [0.25, 0.3) is 0 Å². The molecule has 42 heavy (non-hydrogen) atoms. The third-order valence-corrected chi connectivity index (χ3v) is 9.30. The molecule has 4 aromatic carbocycles. The van der Waals surface area contributed by atoms with Crippen molar-refractivity contribution in [2.75, 3.05) is 20.9 Å². The molecule has 0 heterocycles. The Hall–Kier alpha value is -4.36. The first-order valence-corrected chi connectivity index (χ1v) is 15.3. The van der Waals surface area contributed by atoms with E-state index in [2.05, 4.69) is 10.0 Å². The Labute approximate surface area is 241 Å². The van der Waals surface area contributed by atoms with E-state index >= 15 is 0 Å². The molecule has 2 N–H and O–H groups in total. The van der Waals surface area contributed by atoms with Gasteiger partial charge in [0.1, 0.15) is 6.54 Å². The summed E-state index contributed by atoms with van der Waals surface area (Å²) < 4.78 is 94.7. The first-order valence-electron chi connectivity index (χ1n) is 12.4. The van der Waals surface area contributed by atoms with Crippen molar-refractivity contribution in [3.8, 4) is 0 Å². The molecule has 0 atom stereocenters. The highest BCUT2D eigenvalue weighted by atomic mass is 32.2. The van der Waals surface area contributed by atoms with Crippen LogP contribution in [0.2, 0.25) is 0 Å². The van der Waals surface area contributed by atoms with Gasteiger partial charge in [-0.15, -0.1) is 0 Å². The third-order valence-electron chi connectivity index (χ3n) is 6.13. The second-order valence-electron chi connectivity index (χ2n) is 9.37.